The third-order valence-corrected chi connectivity index (χ3v) is 4.06. The molecule has 0 fully saturated rings. The minimum Gasteiger partial charge on any atom is -0.348 e. The van der Waals surface area contributed by atoms with Crippen molar-refractivity contribution in [1.82, 2.24) is 15.5 Å². The SMILES string of the molecule is CCC(NC(=O)c1cc(-c2cccs2)[nH]n1)C(C)C. The first-order valence-electron chi connectivity index (χ1n) is 6.52. The molecule has 102 valence electrons. The molecule has 0 aliphatic heterocycles. The van der Waals surface area contributed by atoms with Gasteiger partial charge in [-0.05, 0) is 29.9 Å². The summed E-state index contributed by atoms with van der Waals surface area (Å²) < 4.78 is 0. The number of amides is 1. The lowest BCUT2D eigenvalue weighted by molar-refractivity contribution is 0.0919. The Morgan fingerprint density at radius 1 is 1.53 bits per heavy atom. The number of nitrogens with zero attached hydrogens (tertiary/aromatic N) is 1. The molecule has 1 atom stereocenters. The van der Waals surface area contributed by atoms with Gasteiger partial charge in [-0.1, -0.05) is 26.8 Å². The molecular formula is C14H19N3OS. The number of rotatable bonds is 5. The van der Waals surface area contributed by atoms with Gasteiger partial charge in [0.05, 0.1) is 10.6 Å². The molecule has 0 saturated heterocycles. The Morgan fingerprint density at radius 2 is 2.32 bits per heavy atom. The number of aromatic nitrogens is 2. The van der Waals surface area contributed by atoms with Crippen molar-refractivity contribution in [2.24, 2.45) is 5.92 Å². The average Bonchev–Trinajstić information content (AvgIpc) is 3.04. The van der Waals surface area contributed by atoms with Crippen LogP contribution >= 0.6 is 11.3 Å². The van der Waals surface area contributed by atoms with E-state index < -0.39 is 0 Å². The van der Waals surface area contributed by atoms with Crippen LogP contribution < -0.4 is 5.32 Å². The quantitative estimate of drug-likeness (QED) is 0.881. The molecule has 0 aliphatic rings. The van der Waals surface area contributed by atoms with Gasteiger partial charge in [0.25, 0.3) is 5.91 Å². The summed E-state index contributed by atoms with van der Waals surface area (Å²) in [7, 11) is 0. The smallest absolute Gasteiger partial charge is 0.272 e. The Bertz CT molecular complexity index is 531. The van der Waals surface area contributed by atoms with E-state index in [4.69, 9.17) is 0 Å². The van der Waals surface area contributed by atoms with Crippen molar-refractivity contribution in [3.8, 4) is 10.6 Å². The maximum atomic E-state index is 12.1. The van der Waals surface area contributed by atoms with E-state index in [1.165, 1.54) is 0 Å². The molecule has 0 aromatic carbocycles. The van der Waals surface area contributed by atoms with Crippen LogP contribution in [-0.2, 0) is 0 Å². The third-order valence-electron chi connectivity index (χ3n) is 3.16. The van der Waals surface area contributed by atoms with Crippen molar-refractivity contribution in [1.29, 1.82) is 0 Å². The van der Waals surface area contributed by atoms with E-state index >= 15 is 0 Å². The van der Waals surface area contributed by atoms with Crippen LogP contribution in [0.4, 0.5) is 0 Å². The number of hydrogen-bond donors (Lipinski definition) is 2. The van der Waals surface area contributed by atoms with E-state index in [0.29, 0.717) is 11.6 Å². The molecule has 5 heteroatoms. The molecule has 0 saturated carbocycles. The summed E-state index contributed by atoms with van der Waals surface area (Å²) >= 11 is 1.62. The van der Waals surface area contributed by atoms with Gasteiger partial charge in [0, 0.05) is 6.04 Å². The highest BCUT2D eigenvalue weighted by Gasteiger charge is 2.17. The second kappa shape index (κ2) is 6.02. The zero-order valence-corrected chi connectivity index (χ0v) is 12.3. The van der Waals surface area contributed by atoms with Gasteiger partial charge in [0.15, 0.2) is 5.69 Å². The Morgan fingerprint density at radius 3 is 2.89 bits per heavy atom. The van der Waals surface area contributed by atoms with Crippen molar-refractivity contribution in [2.45, 2.75) is 33.2 Å². The molecule has 19 heavy (non-hydrogen) atoms. The first kappa shape index (κ1) is 13.8. The second-order valence-corrected chi connectivity index (χ2v) is 5.82. The van der Waals surface area contributed by atoms with Crippen LogP contribution in [0.25, 0.3) is 10.6 Å². The molecule has 1 amide bonds. The fraction of sp³-hybridized carbons (Fsp3) is 0.429. The van der Waals surface area contributed by atoms with Crippen molar-refractivity contribution in [3.05, 3.63) is 29.3 Å². The fourth-order valence-corrected chi connectivity index (χ4v) is 2.67. The normalized spacial score (nSPS) is 12.6. The topological polar surface area (TPSA) is 57.8 Å². The highest BCUT2D eigenvalue weighted by molar-refractivity contribution is 7.13. The van der Waals surface area contributed by atoms with Crippen molar-refractivity contribution < 1.29 is 4.79 Å². The third kappa shape index (κ3) is 3.23. The zero-order chi connectivity index (χ0) is 13.8. The highest BCUT2D eigenvalue weighted by Crippen LogP contribution is 2.22. The maximum Gasteiger partial charge on any atom is 0.272 e. The lowest BCUT2D eigenvalue weighted by atomic mass is 10.0. The van der Waals surface area contributed by atoms with E-state index in [1.54, 1.807) is 17.4 Å². The number of H-pyrrole nitrogens is 1. The standard InChI is InChI=1S/C14H19N3OS/c1-4-10(9(2)3)15-14(18)12-8-11(16-17-12)13-6-5-7-19-13/h5-10H,4H2,1-3H3,(H,15,18)(H,16,17). The van der Waals surface area contributed by atoms with Crippen molar-refractivity contribution in [3.63, 3.8) is 0 Å². The van der Waals surface area contributed by atoms with E-state index in [0.717, 1.165) is 17.0 Å². The van der Waals surface area contributed by atoms with Gasteiger partial charge in [0.1, 0.15) is 0 Å². The first-order chi connectivity index (χ1) is 9.11. The molecule has 2 N–H and O–H groups in total. The zero-order valence-electron chi connectivity index (χ0n) is 11.4. The summed E-state index contributed by atoms with van der Waals surface area (Å²) in [6, 6.07) is 5.97. The summed E-state index contributed by atoms with van der Waals surface area (Å²) in [4.78, 5) is 13.2. The van der Waals surface area contributed by atoms with E-state index in [1.807, 2.05) is 17.5 Å². The highest BCUT2D eigenvalue weighted by atomic mass is 32.1. The largest absolute Gasteiger partial charge is 0.348 e. The Balaban J connectivity index is 2.08. The number of thiophene rings is 1. The summed E-state index contributed by atoms with van der Waals surface area (Å²) in [5.41, 5.74) is 1.33. The summed E-state index contributed by atoms with van der Waals surface area (Å²) in [5.74, 6) is 0.310. The predicted octanol–water partition coefficient (Wildman–Crippen LogP) is 3.30. The van der Waals surface area contributed by atoms with Gasteiger partial charge in [-0.25, -0.2) is 0 Å². The van der Waals surface area contributed by atoms with Crippen molar-refractivity contribution >= 4 is 17.2 Å². The summed E-state index contributed by atoms with van der Waals surface area (Å²) in [6.45, 7) is 6.29. The fourth-order valence-electron chi connectivity index (χ4n) is 1.98. The number of hydrogen-bond acceptors (Lipinski definition) is 3. The van der Waals surface area contributed by atoms with E-state index in [2.05, 4.69) is 36.3 Å². The van der Waals surface area contributed by atoms with Crippen LogP contribution in [0, 0.1) is 5.92 Å². The number of nitrogens with one attached hydrogen (secondary N) is 2. The molecule has 2 aromatic heterocycles. The molecule has 2 aromatic rings. The monoisotopic (exact) mass is 277 g/mol. The average molecular weight is 277 g/mol. The predicted molar refractivity (Wildman–Crippen MR) is 78.3 cm³/mol. The first-order valence-corrected chi connectivity index (χ1v) is 7.40. The molecule has 0 spiro atoms. The lowest BCUT2D eigenvalue weighted by Crippen LogP contribution is -2.38. The lowest BCUT2D eigenvalue weighted by Gasteiger charge is -2.19. The molecule has 0 bridgehead atoms. The van der Waals surface area contributed by atoms with Crippen LogP contribution in [0.2, 0.25) is 0 Å². The maximum absolute atomic E-state index is 12.1. The van der Waals surface area contributed by atoms with Crippen LogP contribution in [0.15, 0.2) is 23.6 Å². The van der Waals surface area contributed by atoms with Gasteiger partial charge in [0.2, 0.25) is 0 Å². The van der Waals surface area contributed by atoms with Crippen molar-refractivity contribution in [2.75, 3.05) is 0 Å². The molecule has 0 aliphatic carbocycles. The van der Waals surface area contributed by atoms with Crippen LogP contribution in [0.5, 0.6) is 0 Å². The Labute approximate surface area is 117 Å². The van der Waals surface area contributed by atoms with E-state index in [9.17, 15) is 4.79 Å². The van der Waals surface area contributed by atoms with Crippen LogP contribution in [-0.4, -0.2) is 22.1 Å². The molecule has 1 unspecified atom stereocenters. The molecular weight excluding hydrogens is 258 g/mol. The minimum atomic E-state index is -0.111. The van der Waals surface area contributed by atoms with Gasteiger partial charge in [-0.3, -0.25) is 9.89 Å². The van der Waals surface area contributed by atoms with Gasteiger partial charge in [-0.15, -0.1) is 11.3 Å². The number of aromatic amines is 1. The van der Waals surface area contributed by atoms with E-state index in [-0.39, 0.29) is 11.9 Å². The Kier molecular flexibility index (Phi) is 4.37. The number of carbonyl (C=O) groups excluding carboxylic acids is 1. The molecule has 2 heterocycles. The van der Waals surface area contributed by atoms with Gasteiger partial charge < -0.3 is 5.32 Å². The van der Waals surface area contributed by atoms with Crippen LogP contribution in [0.1, 0.15) is 37.7 Å². The van der Waals surface area contributed by atoms with Gasteiger partial charge >= 0.3 is 0 Å². The van der Waals surface area contributed by atoms with Gasteiger partial charge in [-0.2, -0.15) is 5.10 Å². The van der Waals surface area contributed by atoms with Crippen LogP contribution in [0.3, 0.4) is 0 Å². The second-order valence-electron chi connectivity index (χ2n) is 4.88. The minimum absolute atomic E-state index is 0.111. The molecule has 4 nitrogen and oxygen atoms in total. The number of carbonyl (C=O) groups is 1. The summed E-state index contributed by atoms with van der Waals surface area (Å²) in [6.07, 6.45) is 0.922. The summed E-state index contributed by atoms with van der Waals surface area (Å²) in [5, 5.41) is 12.0. The molecule has 0 radical (unpaired) electrons. The Hall–Kier alpha value is -1.62. The molecule has 2 rings (SSSR count).